The van der Waals surface area contributed by atoms with Crippen LogP contribution in [0.4, 0.5) is 11.5 Å². The average Bonchev–Trinajstić information content (AvgIpc) is 2.75. The van der Waals surface area contributed by atoms with Crippen LogP contribution in [0.1, 0.15) is 18.4 Å². The first kappa shape index (κ1) is 21.5. The molecule has 2 aliphatic heterocycles. The molecule has 0 bridgehead atoms. The van der Waals surface area contributed by atoms with Gasteiger partial charge in [-0.1, -0.05) is 17.7 Å². The summed E-state index contributed by atoms with van der Waals surface area (Å²) in [6, 6.07) is 9.17. The quantitative estimate of drug-likeness (QED) is 0.687. The molecule has 4 rings (SSSR count). The van der Waals surface area contributed by atoms with E-state index in [0.717, 1.165) is 62.3 Å². The molecule has 0 aliphatic carbocycles. The third-order valence-corrected chi connectivity index (χ3v) is 7.55. The molecule has 0 amide bonds. The zero-order chi connectivity index (χ0) is 21.1. The molecule has 0 saturated carbocycles. The second kappa shape index (κ2) is 9.21. The summed E-state index contributed by atoms with van der Waals surface area (Å²) in [6.07, 6.45) is 3.77. The van der Waals surface area contributed by atoms with Crippen molar-refractivity contribution in [2.75, 3.05) is 49.0 Å². The SMILES string of the molecule is Cc1ccc(S(=O)(=O)Nc2cc(Br)cnc2N2CCC(N3CCOCC3)CC2)cc1. The molecule has 0 atom stereocenters. The van der Waals surface area contributed by atoms with Gasteiger partial charge in [0.1, 0.15) is 0 Å². The summed E-state index contributed by atoms with van der Waals surface area (Å²) in [7, 11) is -3.70. The number of sulfonamides is 1. The van der Waals surface area contributed by atoms with Crippen molar-refractivity contribution in [2.45, 2.75) is 30.7 Å². The number of nitrogens with zero attached hydrogens (tertiary/aromatic N) is 3. The highest BCUT2D eigenvalue weighted by Crippen LogP contribution is 2.31. The lowest BCUT2D eigenvalue weighted by Gasteiger charge is -2.40. The van der Waals surface area contributed by atoms with Gasteiger partial charge in [0.15, 0.2) is 5.82 Å². The van der Waals surface area contributed by atoms with Crippen molar-refractivity contribution in [3.05, 3.63) is 46.6 Å². The number of benzene rings is 1. The highest BCUT2D eigenvalue weighted by molar-refractivity contribution is 9.10. The van der Waals surface area contributed by atoms with Crippen molar-refractivity contribution in [3.63, 3.8) is 0 Å². The van der Waals surface area contributed by atoms with Gasteiger partial charge in [-0.25, -0.2) is 13.4 Å². The van der Waals surface area contributed by atoms with Crippen LogP contribution in [0.15, 0.2) is 45.9 Å². The Morgan fingerprint density at radius 2 is 1.77 bits per heavy atom. The molecule has 1 aromatic carbocycles. The van der Waals surface area contributed by atoms with E-state index in [9.17, 15) is 8.42 Å². The van der Waals surface area contributed by atoms with Crippen LogP contribution >= 0.6 is 15.9 Å². The van der Waals surface area contributed by atoms with Crippen molar-refractivity contribution < 1.29 is 13.2 Å². The number of piperidine rings is 1. The van der Waals surface area contributed by atoms with E-state index in [1.54, 1.807) is 36.5 Å². The standard InChI is InChI=1S/C21H27BrN4O3S/c1-16-2-4-19(5-3-16)30(27,28)24-20-14-17(22)15-23-21(20)26-8-6-18(7-9-26)25-10-12-29-13-11-25/h2-5,14-15,18,24H,6-13H2,1H3. The summed E-state index contributed by atoms with van der Waals surface area (Å²) in [6.45, 7) is 7.21. The lowest BCUT2D eigenvalue weighted by atomic mass is 10.0. The molecule has 0 unspecified atom stereocenters. The Bertz CT molecular complexity index is 970. The number of hydrogen-bond acceptors (Lipinski definition) is 6. The Morgan fingerprint density at radius 3 is 2.43 bits per heavy atom. The largest absolute Gasteiger partial charge is 0.379 e. The number of aryl methyl sites for hydroxylation is 1. The summed E-state index contributed by atoms with van der Waals surface area (Å²) in [5.74, 6) is 0.675. The zero-order valence-electron chi connectivity index (χ0n) is 17.1. The van der Waals surface area contributed by atoms with Crippen molar-refractivity contribution >= 4 is 37.5 Å². The molecule has 2 saturated heterocycles. The number of hydrogen-bond donors (Lipinski definition) is 1. The minimum atomic E-state index is -3.70. The monoisotopic (exact) mass is 494 g/mol. The number of rotatable bonds is 5. The van der Waals surface area contributed by atoms with Crippen molar-refractivity contribution in [1.29, 1.82) is 0 Å². The summed E-state index contributed by atoms with van der Waals surface area (Å²) >= 11 is 3.42. The van der Waals surface area contributed by atoms with Crippen LogP contribution in [-0.2, 0) is 14.8 Å². The maximum atomic E-state index is 12.9. The Labute approximate surface area is 186 Å². The number of nitrogens with one attached hydrogen (secondary N) is 1. The number of anilines is 2. The molecular formula is C21H27BrN4O3S. The third-order valence-electron chi connectivity index (χ3n) is 5.73. The highest BCUT2D eigenvalue weighted by atomic mass is 79.9. The fourth-order valence-electron chi connectivity index (χ4n) is 4.07. The highest BCUT2D eigenvalue weighted by Gasteiger charge is 2.28. The zero-order valence-corrected chi connectivity index (χ0v) is 19.5. The summed E-state index contributed by atoms with van der Waals surface area (Å²) in [5, 5.41) is 0. The fraction of sp³-hybridized carbons (Fsp3) is 0.476. The topological polar surface area (TPSA) is 74.8 Å². The molecule has 3 heterocycles. The molecule has 7 nitrogen and oxygen atoms in total. The first-order valence-corrected chi connectivity index (χ1v) is 12.5. The number of ether oxygens (including phenoxy) is 1. The van der Waals surface area contributed by atoms with Crippen molar-refractivity contribution in [2.24, 2.45) is 0 Å². The van der Waals surface area contributed by atoms with Gasteiger partial charge in [-0.15, -0.1) is 0 Å². The molecule has 2 fully saturated rings. The predicted molar refractivity (Wildman–Crippen MR) is 122 cm³/mol. The second-order valence-corrected chi connectivity index (χ2v) is 10.4. The van der Waals surface area contributed by atoms with Crippen molar-refractivity contribution in [3.8, 4) is 0 Å². The molecule has 2 aromatic rings. The maximum Gasteiger partial charge on any atom is 0.262 e. The maximum absolute atomic E-state index is 12.9. The first-order chi connectivity index (χ1) is 14.4. The average molecular weight is 495 g/mol. The smallest absolute Gasteiger partial charge is 0.262 e. The minimum absolute atomic E-state index is 0.241. The van der Waals surface area contributed by atoms with E-state index in [-0.39, 0.29) is 4.90 Å². The summed E-state index contributed by atoms with van der Waals surface area (Å²) in [5.41, 5.74) is 1.51. The van der Waals surface area contributed by atoms with E-state index >= 15 is 0 Å². The van der Waals surface area contributed by atoms with Crippen LogP contribution in [0.2, 0.25) is 0 Å². The van der Waals surface area contributed by atoms with Gasteiger partial charge in [-0.3, -0.25) is 9.62 Å². The van der Waals surface area contributed by atoms with Crippen LogP contribution in [0.3, 0.4) is 0 Å². The van der Waals surface area contributed by atoms with E-state index < -0.39 is 10.0 Å². The molecule has 30 heavy (non-hydrogen) atoms. The molecule has 2 aliphatic rings. The molecule has 0 radical (unpaired) electrons. The third kappa shape index (κ3) is 4.96. The van der Waals surface area contributed by atoms with Gasteiger partial charge in [-0.05, 0) is 53.9 Å². The lowest BCUT2D eigenvalue weighted by Crippen LogP contribution is -2.49. The van der Waals surface area contributed by atoms with E-state index in [1.807, 2.05) is 6.92 Å². The number of aromatic nitrogens is 1. The minimum Gasteiger partial charge on any atom is -0.379 e. The lowest BCUT2D eigenvalue weighted by molar-refractivity contribution is 0.0115. The van der Waals surface area contributed by atoms with Gasteiger partial charge in [0, 0.05) is 42.9 Å². The van der Waals surface area contributed by atoms with E-state index in [0.29, 0.717) is 17.5 Å². The Balaban J connectivity index is 1.50. The fourth-order valence-corrected chi connectivity index (χ4v) is 5.45. The molecule has 1 aromatic heterocycles. The van der Waals surface area contributed by atoms with E-state index in [4.69, 9.17) is 4.74 Å². The van der Waals surface area contributed by atoms with Crippen molar-refractivity contribution in [1.82, 2.24) is 9.88 Å². The van der Waals surface area contributed by atoms with Crippen LogP contribution in [0.5, 0.6) is 0 Å². The van der Waals surface area contributed by atoms with Crippen LogP contribution in [0, 0.1) is 6.92 Å². The summed E-state index contributed by atoms with van der Waals surface area (Å²) < 4.78 is 34.8. The second-order valence-electron chi connectivity index (χ2n) is 7.81. The van der Waals surface area contributed by atoms with Gasteiger partial charge in [-0.2, -0.15) is 0 Å². The Hall–Kier alpha value is -1.68. The van der Waals surface area contributed by atoms with Crippen LogP contribution in [0.25, 0.3) is 0 Å². The molecule has 1 N–H and O–H groups in total. The van der Waals surface area contributed by atoms with Crippen LogP contribution < -0.4 is 9.62 Å². The van der Waals surface area contributed by atoms with Gasteiger partial charge in [0.2, 0.25) is 0 Å². The summed E-state index contributed by atoms with van der Waals surface area (Å²) in [4.78, 5) is 9.48. The molecular weight excluding hydrogens is 468 g/mol. The van der Waals surface area contributed by atoms with E-state index in [1.165, 1.54) is 0 Å². The molecule has 162 valence electrons. The van der Waals surface area contributed by atoms with E-state index in [2.05, 4.69) is 35.4 Å². The van der Waals surface area contributed by atoms with Gasteiger partial charge < -0.3 is 9.64 Å². The Morgan fingerprint density at radius 1 is 1.10 bits per heavy atom. The van der Waals surface area contributed by atoms with Gasteiger partial charge >= 0.3 is 0 Å². The number of morpholine rings is 1. The molecule has 0 spiro atoms. The van der Waals surface area contributed by atoms with Crippen LogP contribution in [-0.4, -0.2) is 63.7 Å². The van der Waals surface area contributed by atoms with Gasteiger partial charge in [0.05, 0.1) is 23.8 Å². The normalized spacial score (nSPS) is 19.1. The van der Waals surface area contributed by atoms with Gasteiger partial charge in [0.25, 0.3) is 10.0 Å². The number of pyridine rings is 1. The Kier molecular flexibility index (Phi) is 6.62. The first-order valence-electron chi connectivity index (χ1n) is 10.2. The predicted octanol–water partition coefficient (Wildman–Crippen LogP) is 3.25. The number of halogens is 1. The molecule has 9 heteroatoms.